The van der Waals surface area contributed by atoms with E-state index < -0.39 is 0 Å². The molecule has 0 amide bonds. The number of nitrogens with one attached hydrogen (secondary N) is 1. The van der Waals surface area contributed by atoms with Crippen LogP contribution in [0.5, 0.6) is 11.5 Å². The third kappa shape index (κ3) is 5.71. The third-order valence-corrected chi connectivity index (χ3v) is 5.36. The molecule has 150 valence electrons. The molecule has 3 aromatic carbocycles. The molecule has 0 radical (unpaired) electrons. The van der Waals surface area contributed by atoms with Crippen LogP contribution in [0.1, 0.15) is 11.1 Å². The van der Waals surface area contributed by atoms with E-state index in [1.807, 2.05) is 18.2 Å². The first-order chi connectivity index (χ1) is 14.0. The predicted molar refractivity (Wildman–Crippen MR) is 121 cm³/mol. The highest BCUT2D eigenvalue weighted by Gasteiger charge is 2.12. The highest BCUT2D eigenvalue weighted by atomic mass is 35.5. The van der Waals surface area contributed by atoms with Crippen molar-refractivity contribution in [3.05, 3.63) is 85.8 Å². The maximum Gasteiger partial charge on any atom is 0.161 e. The Bertz CT molecular complexity index is 1040. The van der Waals surface area contributed by atoms with Gasteiger partial charge in [-0.1, -0.05) is 52.5 Å². The summed E-state index contributed by atoms with van der Waals surface area (Å²) in [5.74, 6) is 1.09. The second-order valence-corrected chi connectivity index (χ2v) is 7.53. The minimum atomic E-state index is 0.151. The van der Waals surface area contributed by atoms with Gasteiger partial charge in [-0.3, -0.25) is 5.43 Å². The number of ether oxygens (including phenoxy) is 2. The number of nitrogens with zero attached hydrogens (tertiary/aromatic N) is 1. The van der Waals surface area contributed by atoms with Crippen LogP contribution in [-0.2, 0) is 6.61 Å². The Morgan fingerprint density at radius 3 is 2.48 bits per heavy atom. The Balaban J connectivity index is 1.70. The third-order valence-electron chi connectivity index (χ3n) is 3.93. The summed E-state index contributed by atoms with van der Waals surface area (Å²) in [6.45, 7) is 0.151. The molecule has 29 heavy (non-hydrogen) atoms. The Hall–Kier alpha value is -2.11. The van der Waals surface area contributed by atoms with Gasteiger partial charge in [-0.2, -0.15) is 5.10 Å². The van der Waals surface area contributed by atoms with Gasteiger partial charge in [0.2, 0.25) is 0 Å². The Kier molecular flexibility index (Phi) is 7.51. The van der Waals surface area contributed by atoms with E-state index in [1.54, 1.807) is 49.7 Å². The summed E-state index contributed by atoms with van der Waals surface area (Å²) in [5, 5.41) is 6.10. The molecular weight excluding hydrogens is 454 g/mol. The number of halogens is 4. The van der Waals surface area contributed by atoms with E-state index in [4.69, 9.17) is 55.9 Å². The zero-order valence-corrected chi connectivity index (χ0v) is 18.3. The maximum absolute atomic E-state index is 6.22. The fourth-order valence-electron chi connectivity index (χ4n) is 2.47. The fourth-order valence-corrected chi connectivity index (χ4v) is 3.32. The normalized spacial score (nSPS) is 10.9. The van der Waals surface area contributed by atoms with E-state index in [-0.39, 0.29) is 6.61 Å². The summed E-state index contributed by atoms with van der Waals surface area (Å²) < 4.78 is 11.3. The number of methoxy groups -OCH3 is 1. The average Bonchev–Trinajstić information content (AvgIpc) is 2.71. The molecule has 0 fully saturated rings. The minimum absolute atomic E-state index is 0.151. The lowest BCUT2D eigenvalue weighted by atomic mass is 10.2. The summed E-state index contributed by atoms with van der Waals surface area (Å²) in [6, 6.07) is 16.0. The predicted octanol–water partition coefficient (Wildman–Crippen LogP) is 7.33. The SMILES string of the molecule is COc1cc(C=NNc2cccc(Cl)c2)ccc1OCc1c(Cl)ccc(Cl)c1Cl. The van der Waals surface area contributed by atoms with Crippen LogP contribution in [0, 0.1) is 0 Å². The highest BCUT2D eigenvalue weighted by molar-refractivity contribution is 6.44. The Morgan fingerprint density at radius 1 is 0.931 bits per heavy atom. The largest absolute Gasteiger partial charge is 0.493 e. The van der Waals surface area contributed by atoms with Crippen LogP contribution >= 0.6 is 46.4 Å². The van der Waals surface area contributed by atoms with Crippen molar-refractivity contribution in [2.75, 3.05) is 12.5 Å². The maximum atomic E-state index is 6.22. The van der Waals surface area contributed by atoms with Gasteiger partial charge in [0.15, 0.2) is 11.5 Å². The van der Waals surface area contributed by atoms with Crippen molar-refractivity contribution in [3.63, 3.8) is 0 Å². The van der Waals surface area contributed by atoms with Gasteiger partial charge in [-0.05, 0) is 54.1 Å². The number of hydrogen-bond acceptors (Lipinski definition) is 4. The van der Waals surface area contributed by atoms with E-state index in [0.717, 1.165) is 11.3 Å². The van der Waals surface area contributed by atoms with Crippen molar-refractivity contribution >= 4 is 58.3 Å². The molecule has 0 atom stereocenters. The summed E-state index contributed by atoms with van der Waals surface area (Å²) in [4.78, 5) is 0. The van der Waals surface area contributed by atoms with Gasteiger partial charge in [0, 0.05) is 15.6 Å². The van der Waals surface area contributed by atoms with Crippen molar-refractivity contribution in [1.82, 2.24) is 0 Å². The van der Waals surface area contributed by atoms with Crippen molar-refractivity contribution < 1.29 is 9.47 Å². The summed E-state index contributed by atoms with van der Waals surface area (Å²) in [7, 11) is 1.56. The van der Waals surface area contributed by atoms with Gasteiger partial charge in [-0.25, -0.2) is 0 Å². The van der Waals surface area contributed by atoms with Gasteiger partial charge >= 0.3 is 0 Å². The lowest BCUT2D eigenvalue weighted by Crippen LogP contribution is -2.00. The molecule has 0 aliphatic rings. The number of hydrazone groups is 1. The first-order valence-corrected chi connectivity index (χ1v) is 9.97. The quantitative estimate of drug-likeness (QED) is 0.223. The molecule has 0 saturated heterocycles. The van der Waals surface area contributed by atoms with E-state index >= 15 is 0 Å². The molecule has 0 heterocycles. The number of rotatable bonds is 7. The zero-order chi connectivity index (χ0) is 20.8. The smallest absolute Gasteiger partial charge is 0.161 e. The topological polar surface area (TPSA) is 42.8 Å². The molecule has 0 saturated carbocycles. The van der Waals surface area contributed by atoms with Crippen LogP contribution in [0.4, 0.5) is 5.69 Å². The van der Waals surface area contributed by atoms with Crippen molar-refractivity contribution in [2.24, 2.45) is 5.10 Å². The van der Waals surface area contributed by atoms with Crippen molar-refractivity contribution in [2.45, 2.75) is 6.61 Å². The van der Waals surface area contributed by atoms with Crippen LogP contribution in [0.3, 0.4) is 0 Å². The van der Waals surface area contributed by atoms with Crippen LogP contribution in [0.2, 0.25) is 20.1 Å². The molecule has 0 spiro atoms. The van der Waals surface area contributed by atoms with Gasteiger partial charge < -0.3 is 9.47 Å². The second kappa shape index (κ2) is 10.1. The van der Waals surface area contributed by atoms with Gasteiger partial charge in [0.05, 0.1) is 29.1 Å². The molecule has 0 bridgehead atoms. The summed E-state index contributed by atoms with van der Waals surface area (Å²) >= 11 is 24.4. The molecule has 0 aromatic heterocycles. The van der Waals surface area contributed by atoms with Gasteiger partial charge in [0.25, 0.3) is 0 Å². The summed E-state index contributed by atoms with van der Waals surface area (Å²) in [6.07, 6.45) is 1.66. The average molecular weight is 470 g/mol. The first-order valence-electron chi connectivity index (χ1n) is 8.46. The molecule has 8 heteroatoms. The lowest BCUT2D eigenvalue weighted by molar-refractivity contribution is 0.284. The molecule has 4 nitrogen and oxygen atoms in total. The first kappa shape index (κ1) is 21.6. The molecule has 3 rings (SSSR count). The molecule has 3 aromatic rings. The van der Waals surface area contributed by atoms with E-state index in [1.165, 1.54) is 0 Å². The minimum Gasteiger partial charge on any atom is -0.493 e. The van der Waals surface area contributed by atoms with E-state index in [2.05, 4.69) is 10.5 Å². The fraction of sp³-hybridized carbons (Fsp3) is 0.0952. The number of benzene rings is 3. The van der Waals surface area contributed by atoms with Crippen molar-refractivity contribution in [3.8, 4) is 11.5 Å². The molecule has 1 N–H and O–H groups in total. The van der Waals surface area contributed by atoms with Crippen LogP contribution < -0.4 is 14.9 Å². The number of anilines is 1. The summed E-state index contributed by atoms with van der Waals surface area (Å²) in [5.41, 5.74) is 5.14. The molecule has 0 unspecified atom stereocenters. The van der Waals surface area contributed by atoms with Crippen LogP contribution in [0.15, 0.2) is 59.7 Å². The Morgan fingerprint density at radius 2 is 1.72 bits per heavy atom. The standard InChI is InChI=1S/C21H16Cl4N2O2/c1-28-20-9-13(11-26-27-15-4-2-3-14(22)10-15)5-8-19(20)29-12-16-17(23)6-7-18(24)21(16)25/h2-11,27H,12H2,1H3. The molecule has 0 aliphatic carbocycles. The second-order valence-electron chi connectivity index (χ2n) is 5.90. The van der Waals surface area contributed by atoms with Crippen LogP contribution in [0.25, 0.3) is 0 Å². The van der Waals surface area contributed by atoms with Gasteiger partial charge in [-0.15, -0.1) is 0 Å². The highest BCUT2D eigenvalue weighted by Crippen LogP contribution is 2.34. The lowest BCUT2D eigenvalue weighted by Gasteiger charge is -2.13. The van der Waals surface area contributed by atoms with E-state index in [9.17, 15) is 0 Å². The monoisotopic (exact) mass is 468 g/mol. The van der Waals surface area contributed by atoms with E-state index in [0.29, 0.717) is 37.2 Å². The van der Waals surface area contributed by atoms with Gasteiger partial charge in [0.1, 0.15) is 6.61 Å². The van der Waals surface area contributed by atoms with Crippen molar-refractivity contribution in [1.29, 1.82) is 0 Å². The number of hydrogen-bond donors (Lipinski definition) is 1. The zero-order valence-electron chi connectivity index (χ0n) is 15.3. The Labute approximate surface area is 188 Å². The molecule has 0 aliphatic heterocycles. The van der Waals surface area contributed by atoms with Crippen LogP contribution in [-0.4, -0.2) is 13.3 Å². The molecular formula is C21H16Cl4N2O2.